The molecule has 7 heteroatoms. The average molecular weight is 284 g/mol. The van der Waals surface area contributed by atoms with E-state index in [9.17, 15) is 19.3 Å². The van der Waals surface area contributed by atoms with Gasteiger partial charge in [0.15, 0.2) is 0 Å². The van der Waals surface area contributed by atoms with E-state index < -0.39 is 22.3 Å². The van der Waals surface area contributed by atoms with Crippen molar-refractivity contribution >= 4 is 11.6 Å². The molecule has 110 valence electrons. The number of carbonyl (C=O) groups is 1. The van der Waals surface area contributed by atoms with Crippen molar-refractivity contribution in [2.45, 2.75) is 26.3 Å². The van der Waals surface area contributed by atoms with Crippen LogP contribution in [0.2, 0.25) is 0 Å². The smallest absolute Gasteiger partial charge is 0.282 e. The van der Waals surface area contributed by atoms with E-state index in [-0.39, 0.29) is 24.1 Å². The minimum Gasteiger partial charge on any atom is -0.396 e. The van der Waals surface area contributed by atoms with Crippen LogP contribution in [0.5, 0.6) is 0 Å². The van der Waals surface area contributed by atoms with Gasteiger partial charge in [-0.05, 0) is 24.5 Å². The molecule has 1 atom stereocenters. The van der Waals surface area contributed by atoms with Crippen molar-refractivity contribution in [3.8, 4) is 0 Å². The standard InChI is InChI=1S/C13H17FN2O4/c1-8(2)11(5-6-17)15-13(18)10-7-9(14)3-4-12(10)16(19)20/h3-4,7-8,11,17H,5-6H2,1-2H3,(H,15,18). The summed E-state index contributed by atoms with van der Waals surface area (Å²) in [5.74, 6) is -1.40. The molecule has 0 fully saturated rings. The molecule has 1 aromatic carbocycles. The highest BCUT2D eigenvalue weighted by atomic mass is 19.1. The van der Waals surface area contributed by atoms with Gasteiger partial charge in [0.05, 0.1) is 4.92 Å². The fraction of sp³-hybridized carbons (Fsp3) is 0.462. The zero-order valence-corrected chi connectivity index (χ0v) is 11.3. The molecule has 0 aliphatic carbocycles. The first-order chi connectivity index (χ1) is 9.36. The van der Waals surface area contributed by atoms with Crippen molar-refractivity contribution in [3.05, 3.63) is 39.7 Å². The molecule has 1 aromatic rings. The molecule has 6 nitrogen and oxygen atoms in total. The van der Waals surface area contributed by atoms with Gasteiger partial charge in [-0.2, -0.15) is 0 Å². The lowest BCUT2D eigenvalue weighted by atomic mass is 10.0. The second-order valence-corrected chi connectivity index (χ2v) is 4.75. The Morgan fingerprint density at radius 1 is 1.50 bits per heavy atom. The third-order valence-corrected chi connectivity index (χ3v) is 2.96. The zero-order chi connectivity index (χ0) is 15.3. The van der Waals surface area contributed by atoms with E-state index in [0.717, 1.165) is 18.2 Å². The highest BCUT2D eigenvalue weighted by Gasteiger charge is 2.24. The summed E-state index contributed by atoms with van der Waals surface area (Å²) in [4.78, 5) is 22.2. The second kappa shape index (κ2) is 6.95. The maximum absolute atomic E-state index is 13.2. The molecule has 1 amide bonds. The maximum Gasteiger partial charge on any atom is 0.282 e. The summed E-state index contributed by atoms with van der Waals surface area (Å²) in [6, 6.07) is 2.39. The van der Waals surface area contributed by atoms with E-state index in [1.54, 1.807) is 0 Å². The fourth-order valence-corrected chi connectivity index (χ4v) is 1.81. The highest BCUT2D eigenvalue weighted by Crippen LogP contribution is 2.20. The number of aliphatic hydroxyl groups is 1. The molecule has 0 radical (unpaired) electrons. The molecular formula is C13H17FN2O4. The highest BCUT2D eigenvalue weighted by molar-refractivity contribution is 5.98. The monoisotopic (exact) mass is 284 g/mol. The Labute approximate surface area is 115 Å². The van der Waals surface area contributed by atoms with E-state index in [0.29, 0.717) is 6.42 Å². The SMILES string of the molecule is CC(C)C(CCO)NC(=O)c1cc(F)ccc1[N+](=O)[O-]. The van der Waals surface area contributed by atoms with Crippen molar-refractivity contribution in [1.29, 1.82) is 0 Å². The van der Waals surface area contributed by atoms with Crippen molar-refractivity contribution in [3.63, 3.8) is 0 Å². The van der Waals surface area contributed by atoms with Crippen molar-refractivity contribution in [1.82, 2.24) is 5.32 Å². The van der Waals surface area contributed by atoms with E-state index in [1.807, 2.05) is 13.8 Å². The number of nitro benzene ring substituents is 1. The zero-order valence-electron chi connectivity index (χ0n) is 11.3. The Morgan fingerprint density at radius 3 is 2.65 bits per heavy atom. The van der Waals surface area contributed by atoms with Crippen molar-refractivity contribution in [2.75, 3.05) is 6.61 Å². The number of nitrogens with zero attached hydrogens (tertiary/aromatic N) is 1. The topological polar surface area (TPSA) is 92.5 Å². The average Bonchev–Trinajstić information content (AvgIpc) is 2.37. The maximum atomic E-state index is 13.2. The third kappa shape index (κ3) is 3.99. The van der Waals surface area contributed by atoms with E-state index in [2.05, 4.69) is 5.32 Å². The predicted molar refractivity (Wildman–Crippen MR) is 70.8 cm³/mol. The van der Waals surface area contributed by atoms with Crippen LogP contribution in [0.1, 0.15) is 30.6 Å². The van der Waals surface area contributed by atoms with Crippen LogP contribution in [0, 0.1) is 21.8 Å². The van der Waals surface area contributed by atoms with Crippen LogP contribution >= 0.6 is 0 Å². The number of hydrogen-bond donors (Lipinski definition) is 2. The molecule has 0 bridgehead atoms. The molecule has 0 aliphatic heterocycles. The number of aliphatic hydroxyl groups excluding tert-OH is 1. The van der Waals surface area contributed by atoms with Crippen LogP contribution in [0.4, 0.5) is 10.1 Å². The molecule has 0 saturated heterocycles. The summed E-state index contributed by atoms with van der Waals surface area (Å²) in [5, 5.41) is 22.4. The third-order valence-electron chi connectivity index (χ3n) is 2.96. The number of hydrogen-bond acceptors (Lipinski definition) is 4. The van der Waals surface area contributed by atoms with Gasteiger partial charge in [-0.15, -0.1) is 0 Å². The first kappa shape index (κ1) is 16.0. The summed E-state index contributed by atoms with van der Waals surface area (Å²) in [5.41, 5.74) is -0.769. The van der Waals surface area contributed by atoms with Crippen LogP contribution in [0.3, 0.4) is 0 Å². The molecule has 2 N–H and O–H groups in total. The molecule has 1 unspecified atom stereocenters. The second-order valence-electron chi connectivity index (χ2n) is 4.75. The molecule has 1 rings (SSSR count). The van der Waals surface area contributed by atoms with E-state index in [4.69, 9.17) is 5.11 Å². The molecule has 0 saturated carbocycles. The quantitative estimate of drug-likeness (QED) is 0.616. The predicted octanol–water partition coefficient (Wildman–Crippen LogP) is 1.87. The molecule has 0 aliphatic rings. The number of amides is 1. The summed E-state index contributed by atoms with van der Waals surface area (Å²) < 4.78 is 13.2. The number of carbonyl (C=O) groups excluding carboxylic acids is 1. The number of nitro groups is 1. The van der Waals surface area contributed by atoms with Crippen LogP contribution < -0.4 is 5.32 Å². The lowest BCUT2D eigenvalue weighted by Crippen LogP contribution is -2.39. The molecule has 20 heavy (non-hydrogen) atoms. The lowest BCUT2D eigenvalue weighted by Gasteiger charge is -2.21. The van der Waals surface area contributed by atoms with Gasteiger partial charge in [0.1, 0.15) is 11.4 Å². The fourth-order valence-electron chi connectivity index (χ4n) is 1.81. The largest absolute Gasteiger partial charge is 0.396 e. The molecule has 0 spiro atoms. The first-order valence-electron chi connectivity index (χ1n) is 6.22. The van der Waals surface area contributed by atoms with Crippen molar-refractivity contribution in [2.24, 2.45) is 5.92 Å². The number of halogens is 1. The Hall–Kier alpha value is -2.02. The number of rotatable bonds is 6. The minimum atomic E-state index is -0.731. The first-order valence-corrected chi connectivity index (χ1v) is 6.22. The Balaban J connectivity index is 3.02. The van der Waals surface area contributed by atoms with Gasteiger partial charge < -0.3 is 10.4 Å². The summed E-state index contributed by atoms with van der Waals surface area (Å²) in [6.45, 7) is 3.58. The normalized spacial score (nSPS) is 12.2. The lowest BCUT2D eigenvalue weighted by molar-refractivity contribution is -0.385. The van der Waals surface area contributed by atoms with Crippen LogP contribution in [-0.2, 0) is 0 Å². The minimum absolute atomic E-state index is 0.0405. The van der Waals surface area contributed by atoms with Gasteiger partial charge in [-0.1, -0.05) is 13.8 Å². The number of benzene rings is 1. The van der Waals surface area contributed by atoms with Crippen LogP contribution in [0.15, 0.2) is 18.2 Å². The van der Waals surface area contributed by atoms with E-state index in [1.165, 1.54) is 0 Å². The van der Waals surface area contributed by atoms with Crippen LogP contribution in [0.25, 0.3) is 0 Å². The van der Waals surface area contributed by atoms with E-state index >= 15 is 0 Å². The van der Waals surface area contributed by atoms with Gasteiger partial charge in [-0.25, -0.2) is 4.39 Å². The summed E-state index contributed by atoms with van der Waals surface area (Å²) in [6.07, 6.45) is 0.326. The van der Waals surface area contributed by atoms with Gasteiger partial charge >= 0.3 is 0 Å². The Bertz CT molecular complexity index is 505. The Kier molecular flexibility index (Phi) is 5.57. The van der Waals surface area contributed by atoms with Gasteiger partial charge in [0.2, 0.25) is 0 Å². The molecule has 0 heterocycles. The van der Waals surface area contributed by atoms with Gasteiger partial charge in [0.25, 0.3) is 11.6 Å². The number of nitrogens with one attached hydrogen (secondary N) is 1. The summed E-state index contributed by atoms with van der Waals surface area (Å²) in [7, 11) is 0. The van der Waals surface area contributed by atoms with Gasteiger partial charge in [0, 0.05) is 18.7 Å². The van der Waals surface area contributed by atoms with Crippen LogP contribution in [-0.4, -0.2) is 28.6 Å². The Morgan fingerprint density at radius 2 is 2.15 bits per heavy atom. The van der Waals surface area contributed by atoms with Crippen molar-refractivity contribution < 1.29 is 19.2 Å². The summed E-state index contributed by atoms with van der Waals surface area (Å²) >= 11 is 0. The molecular weight excluding hydrogens is 267 g/mol. The molecule has 0 aromatic heterocycles. The van der Waals surface area contributed by atoms with Gasteiger partial charge in [-0.3, -0.25) is 14.9 Å².